The van der Waals surface area contributed by atoms with E-state index in [2.05, 4.69) is 69.7 Å². The maximum Gasteiger partial charge on any atom is 0.194 e. The van der Waals surface area contributed by atoms with Crippen molar-refractivity contribution in [3.05, 3.63) is 52.0 Å². The predicted octanol–water partition coefficient (Wildman–Crippen LogP) is 2.93. The molecule has 0 radical (unpaired) electrons. The van der Waals surface area contributed by atoms with Gasteiger partial charge in [-0.3, -0.25) is 9.89 Å². The number of nitrogens with one attached hydrogen (secondary N) is 1. The van der Waals surface area contributed by atoms with Crippen LogP contribution in [-0.2, 0) is 17.7 Å². The molecule has 7 heteroatoms. The Bertz CT molecular complexity index is 824. The fraction of sp³-hybridized carbons (Fsp3) is 0.565. The van der Waals surface area contributed by atoms with Gasteiger partial charge in [-0.25, -0.2) is 4.98 Å². The number of thiazole rings is 1. The molecule has 0 bridgehead atoms. The molecule has 2 fully saturated rings. The fourth-order valence-corrected chi connectivity index (χ4v) is 5.12. The van der Waals surface area contributed by atoms with Crippen LogP contribution in [-0.4, -0.2) is 72.2 Å². The minimum absolute atomic E-state index is 0.254. The van der Waals surface area contributed by atoms with Crippen LogP contribution in [0.1, 0.15) is 29.6 Å². The van der Waals surface area contributed by atoms with Gasteiger partial charge in [0.25, 0.3) is 0 Å². The molecule has 2 saturated heterocycles. The molecule has 0 saturated carbocycles. The summed E-state index contributed by atoms with van der Waals surface area (Å²) >= 11 is 1.75. The number of ether oxygens (including phenoxy) is 1. The highest BCUT2D eigenvalue weighted by atomic mass is 32.1. The number of nitrogens with zero attached hydrogens (tertiary/aromatic N) is 4. The lowest BCUT2D eigenvalue weighted by atomic mass is 10.1. The van der Waals surface area contributed by atoms with Gasteiger partial charge in [-0.2, -0.15) is 0 Å². The van der Waals surface area contributed by atoms with Gasteiger partial charge in [0.05, 0.1) is 23.8 Å². The van der Waals surface area contributed by atoms with Crippen LogP contribution < -0.4 is 5.32 Å². The molecule has 2 aliphatic heterocycles. The van der Waals surface area contributed by atoms with Gasteiger partial charge in [-0.05, 0) is 25.8 Å². The van der Waals surface area contributed by atoms with Crippen LogP contribution in [0, 0.1) is 6.92 Å². The highest BCUT2D eigenvalue weighted by molar-refractivity contribution is 7.09. The number of morpholine rings is 1. The Kier molecular flexibility index (Phi) is 7.36. The second-order valence-electron chi connectivity index (χ2n) is 8.06. The van der Waals surface area contributed by atoms with E-state index in [4.69, 9.17) is 9.73 Å². The molecule has 4 rings (SSSR count). The van der Waals surface area contributed by atoms with Gasteiger partial charge >= 0.3 is 0 Å². The number of hydrogen-bond donors (Lipinski definition) is 1. The SMILES string of the molecule is CCNC(=NCCCc1nc(C)cs1)N1CC2OCCN(Cc3ccccc3)C2C1. The van der Waals surface area contributed by atoms with Crippen molar-refractivity contribution >= 4 is 17.3 Å². The van der Waals surface area contributed by atoms with Gasteiger partial charge in [0.15, 0.2) is 5.96 Å². The summed E-state index contributed by atoms with van der Waals surface area (Å²) in [5.41, 5.74) is 2.49. The highest BCUT2D eigenvalue weighted by Gasteiger charge is 2.41. The van der Waals surface area contributed by atoms with Crippen molar-refractivity contribution in [2.24, 2.45) is 4.99 Å². The maximum absolute atomic E-state index is 6.14. The van der Waals surface area contributed by atoms with E-state index in [9.17, 15) is 0 Å². The summed E-state index contributed by atoms with van der Waals surface area (Å²) < 4.78 is 6.14. The van der Waals surface area contributed by atoms with E-state index in [1.165, 1.54) is 10.6 Å². The fourth-order valence-electron chi connectivity index (χ4n) is 4.30. The smallest absolute Gasteiger partial charge is 0.194 e. The number of hydrogen-bond acceptors (Lipinski definition) is 5. The van der Waals surface area contributed by atoms with Crippen molar-refractivity contribution in [1.82, 2.24) is 20.1 Å². The molecule has 1 N–H and O–H groups in total. The zero-order valence-corrected chi connectivity index (χ0v) is 18.9. The monoisotopic (exact) mass is 427 g/mol. The minimum atomic E-state index is 0.254. The van der Waals surface area contributed by atoms with E-state index in [0.29, 0.717) is 6.04 Å². The minimum Gasteiger partial charge on any atom is -0.373 e. The van der Waals surface area contributed by atoms with E-state index >= 15 is 0 Å². The van der Waals surface area contributed by atoms with E-state index in [1.54, 1.807) is 11.3 Å². The lowest BCUT2D eigenvalue weighted by Gasteiger charge is -2.36. The number of aryl methyl sites for hydroxylation is 2. The molecule has 0 spiro atoms. The number of aromatic nitrogens is 1. The predicted molar refractivity (Wildman–Crippen MR) is 123 cm³/mol. The quantitative estimate of drug-likeness (QED) is 0.418. The first-order valence-corrected chi connectivity index (χ1v) is 11.9. The number of fused-ring (bicyclic) bond motifs is 1. The van der Waals surface area contributed by atoms with Crippen LogP contribution in [0.5, 0.6) is 0 Å². The maximum atomic E-state index is 6.14. The Morgan fingerprint density at radius 1 is 1.30 bits per heavy atom. The molecule has 30 heavy (non-hydrogen) atoms. The number of benzene rings is 1. The summed E-state index contributed by atoms with van der Waals surface area (Å²) in [6, 6.07) is 11.2. The Morgan fingerprint density at radius 3 is 2.93 bits per heavy atom. The first kappa shape index (κ1) is 21.3. The summed E-state index contributed by atoms with van der Waals surface area (Å²) in [5, 5.41) is 6.82. The molecule has 6 nitrogen and oxygen atoms in total. The van der Waals surface area contributed by atoms with Gasteiger partial charge in [0.1, 0.15) is 0 Å². The molecular weight excluding hydrogens is 394 g/mol. The third-order valence-corrected chi connectivity index (χ3v) is 6.78. The highest BCUT2D eigenvalue weighted by Crippen LogP contribution is 2.24. The molecule has 162 valence electrons. The van der Waals surface area contributed by atoms with E-state index in [1.807, 2.05) is 0 Å². The van der Waals surface area contributed by atoms with Gasteiger partial charge in [-0.15, -0.1) is 11.3 Å². The lowest BCUT2D eigenvalue weighted by molar-refractivity contribution is -0.0502. The number of rotatable bonds is 7. The van der Waals surface area contributed by atoms with Crippen LogP contribution in [0.3, 0.4) is 0 Å². The average Bonchev–Trinajstić information content (AvgIpc) is 3.38. The normalized spacial score (nSPS) is 22.3. The second-order valence-corrected chi connectivity index (χ2v) is 9.00. The van der Waals surface area contributed by atoms with Crippen molar-refractivity contribution in [1.29, 1.82) is 0 Å². The summed E-state index contributed by atoms with van der Waals surface area (Å²) in [7, 11) is 0. The van der Waals surface area contributed by atoms with Gasteiger partial charge in [-0.1, -0.05) is 30.3 Å². The molecule has 0 aliphatic carbocycles. The van der Waals surface area contributed by atoms with Crippen LogP contribution in [0.4, 0.5) is 0 Å². The molecule has 1 aromatic carbocycles. The zero-order chi connectivity index (χ0) is 20.8. The summed E-state index contributed by atoms with van der Waals surface area (Å²) in [6.07, 6.45) is 2.28. The van der Waals surface area contributed by atoms with Crippen molar-refractivity contribution in [3.63, 3.8) is 0 Å². The molecule has 1 aromatic heterocycles. The second kappa shape index (κ2) is 10.4. The third-order valence-electron chi connectivity index (χ3n) is 5.76. The molecule has 2 aromatic rings. The van der Waals surface area contributed by atoms with Crippen LogP contribution in [0.25, 0.3) is 0 Å². The summed E-state index contributed by atoms with van der Waals surface area (Å²) in [6.45, 7) is 10.6. The summed E-state index contributed by atoms with van der Waals surface area (Å²) in [5.74, 6) is 1.02. The molecule has 2 aliphatic rings. The lowest BCUT2D eigenvalue weighted by Crippen LogP contribution is -2.50. The van der Waals surface area contributed by atoms with Crippen LogP contribution in [0.2, 0.25) is 0 Å². The first-order chi connectivity index (χ1) is 14.7. The Morgan fingerprint density at radius 2 is 2.17 bits per heavy atom. The van der Waals surface area contributed by atoms with Gasteiger partial charge in [0, 0.05) is 56.8 Å². The average molecular weight is 428 g/mol. The van der Waals surface area contributed by atoms with E-state index in [-0.39, 0.29) is 6.10 Å². The standard InChI is InChI=1S/C23H33N5OS/c1-3-24-23(25-11-7-10-22-26-18(2)17-30-22)28-15-20-21(16-28)29-13-12-27(20)14-19-8-5-4-6-9-19/h4-6,8-9,17,20-21H,3,7,10-16H2,1-2H3,(H,24,25). The van der Waals surface area contributed by atoms with Crippen molar-refractivity contribution in [3.8, 4) is 0 Å². The van der Waals surface area contributed by atoms with Gasteiger partial charge < -0.3 is 15.0 Å². The molecular formula is C23H33N5OS. The third kappa shape index (κ3) is 5.39. The largest absolute Gasteiger partial charge is 0.373 e. The number of aliphatic imine (C=N–C) groups is 1. The Balaban J connectivity index is 1.35. The first-order valence-electron chi connectivity index (χ1n) is 11.1. The van der Waals surface area contributed by atoms with E-state index in [0.717, 1.165) is 70.4 Å². The Labute approximate surface area is 184 Å². The van der Waals surface area contributed by atoms with E-state index < -0.39 is 0 Å². The molecule has 2 atom stereocenters. The zero-order valence-electron chi connectivity index (χ0n) is 18.1. The van der Waals surface area contributed by atoms with Crippen molar-refractivity contribution in [2.75, 3.05) is 39.3 Å². The van der Waals surface area contributed by atoms with Crippen LogP contribution >= 0.6 is 11.3 Å². The molecule has 0 amide bonds. The Hall–Kier alpha value is -1.96. The molecule has 3 heterocycles. The topological polar surface area (TPSA) is 53.0 Å². The number of likely N-dealkylation sites (tertiary alicyclic amines) is 1. The van der Waals surface area contributed by atoms with Crippen molar-refractivity contribution < 1.29 is 4.74 Å². The van der Waals surface area contributed by atoms with Gasteiger partial charge in [0.2, 0.25) is 0 Å². The number of guanidine groups is 1. The van der Waals surface area contributed by atoms with Crippen molar-refractivity contribution in [2.45, 2.75) is 45.4 Å². The van der Waals surface area contributed by atoms with Crippen LogP contribution in [0.15, 0.2) is 40.7 Å². The summed E-state index contributed by atoms with van der Waals surface area (Å²) in [4.78, 5) is 14.4. The molecule has 2 unspecified atom stereocenters.